The Morgan fingerprint density at radius 3 is 2.44 bits per heavy atom. The summed E-state index contributed by atoms with van der Waals surface area (Å²) in [6, 6.07) is 5.24. The van der Waals surface area contributed by atoms with Crippen molar-refractivity contribution in [2.45, 2.75) is 11.8 Å². The van der Waals surface area contributed by atoms with E-state index >= 15 is 0 Å². The average Bonchev–Trinajstić information content (AvgIpc) is 2.59. The zero-order chi connectivity index (χ0) is 20.4. The quantitative estimate of drug-likeness (QED) is 0.419. The summed E-state index contributed by atoms with van der Waals surface area (Å²) in [6.45, 7) is 0.470. The van der Waals surface area contributed by atoms with E-state index in [0.717, 1.165) is 31.4 Å². The van der Waals surface area contributed by atoms with E-state index < -0.39 is 55.4 Å². The van der Waals surface area contributed by atoms with Crippen LogP contribution in [0.5, 0.6) is 0 Å². The average molecular weight is 400 g/mol. The number of rotatable bonds is 6. The Balaban J connectivity index is 2.69. The van der Waals surface area contributed by atoms with Gasteiger partial charge in [0.1, 0.15) is 18.2 Å². The first-order valence-corrected chi connectivity index (χ1v) is 8.81. The molecule has 0 N–H and O–H groups in total. The molecule has 0 atom stereocenters. The fourth-order valence-electron chi connectivity index (χ4n) is 2.26. The van der Waals surface area contributed by atoms with Crippen LogP contribution in [-0.2, 0) is 19.6 Å². The summed E-state index contributed by atoms with van der Waals surface area (Å²) in [6.07, 6.45) is 0. The van der Waals surface area contributed by atoms with Crippen LogP contribution in [0.15, 0.2) is 41.3 Å². The number of aryl methyl sites for hydroxylation is 1. The van der Waals surface area contributed by atoms with Gasteiger partial charge in [-0.2, -0.15) is 0 Å². The summed E-state index contributed by atoms with van der Waals surface area (Å²) in [7, 11) is -3.61. The molecule has 0 saturated carbocycles. The molecule has 0 heterocycles. The van der Waals surface area contributed by atoms with Crippen molar-refractivity contribution in [3.63, 3.8) is 0 Å². The number of hydrogen-bond acceptors (Lipinski definition) is 6. The molecule has 8 nitrogen and oxygen atoms in total. The molecule has 144 valence electrons. The van der Waals surface area contributed by atoms with Crippen LogP contribution in [0.25, 0.3) is 0 Å². The predicted molar refractivity (Wildman–Crippen MR) is 90.7 cm³/mol. The molecule has 0 bridgehead atoms. The monoisotopic (exact) mass is 400 g/mol. The highest BCUT2D eigenvalue weighted by atomic mass is 32.2. The lowest BCUT2D eigenvalue weighted by Crippen LogP contribution is -2.37. The molecule has 0 fully saturated rings. The third-order valence-corrected chi connectivity index (χ3v) is 5.53. The number of benzene rings is 2. The number of non-ortho nitro benzene ring substituents is 1. The number of esters is 1. The normalized spacial score (nSPS) is 11.1. The topological polar surface area (TPSA) is 107 Å². The highest BCUT2D eigenvalue weighted by Gasteiger charge is 2.32. The molecular weight excluding hydrogens is 386 g/mol. The molecule has 0 aromatic heterocycles. The smallest absolute Gasteiger partial charge is 0.326 e. The van der Waals surface area contributed by atoms with Crippen LogP contribution in [0.4, 0.5) is 20.2 Å². The van der Waals surface area contributed by atoms with Gasteiger partial charge in [0.05, 0.1) is 22.6 Å². The minimum absolute atomic E-state index is 0.137. The Morgan fingerprint density at radius 2 is 1.89 bits per heavy atom. The van der Waals surface area contributed by atoms with Gasteiger partial charge in [-0.25, -0.2) is 17.2 Å². The molecule has 0 aliphatic rings. The number of nitro benzene ring substituents is 1. The molecule has 2 aromatic rings. The number of carbonyl (C=O) groups excluding carboxylic acids is 1. The number of carbonyl (C=O) groups is 1. The van der Waals surface area contributed by atoms with Gasteiger partial charge < -0.3 is 4.74 Å². The number of hydrogen-bond donors (Lipinski definition) is 0. The van der Waals surface area contributed by atoms with Crippen LogP contribution in [0, 0.1) is 28.7 Å². The minimum atomic E-state index is -4.62. The van der Waals surface area contributed by atoms with Crippen LogP contribution in [0.2, 0.25) is 0 Å². The maximum Gasteiger partial charge on any atom is 0.326 e. The molecule has 0 spiro atoms. The minimum Gasteiger partial charge on any atom is -0.468 e. The summed E-state index contributed by atoms with van der Waals surface area (Å²) in [5, 5.41) is 11.0. The van der Waals surface area contributed by atoms with Crippen LogP contribution >= 0.6 is 0 Å². The van der Waals surface area contributed by atoms with Crippen molar-refractivity contribution < 1.29 is 31.7 Å². The molecule has 0 aliphatic heterocycles. The zero-order valence-electron chi connectivity index (χ0n) is 14.2. The molecule has 0 saturated heterocycles. The van der Waals surface area contributed by atoms with E-state index in [1.54, 1.807) is 0 Å². The molecule has 0 radical (unpaired) electrons. The molecule has 0 unspecified atom stereocenters. The van der Waals surface area contributed by atoms with E-state index in [1.807, 2.05) is 0 Å². The van der Waals surface area contributed by atoms with E-state index in [0.29, 0.717) is 10.4 Å². The van der Waals surface area contributed by atoms with Gasteiger partial charge in [0.15, 0.2) is 0 Å². The first-order chi connectivity index (χ1) is 12.6. The fourth-order valence-corrected chi connectivity index (χ4v) is 3.93. The Labute approximate surface area is 153 Å². The number of ether oxygens (including phenoxy) is 1. The fraction of sp³-hybridized carbons (Fsp3) is 0.188. The maximum absolute atomic E-state index is 14.2. The van der Waals surface area contributed by atoms with E-state index in [4.69, 9.17) is 0 Å². The van der Waals surface area contributed by atoms with Gasteiger partial charge in [-0.3, -0.25) is 19.2 Å². The van der Waals surface area contributed by atoms with Crippen molar-refractivity contribution in [1.82, 2.24) is 0 Å². The standard InChI is InChI=1S/C16H14F2N2O6S/c1-10-3-5-12(20(22)23)8-15(10)27(24,25)19(9-16(21)26-2)14-6-4-11(17)7-13(14)18/h3-8H,9H2,1-2H3. The largest absolute Gasteiger partial charge is 0.468 e. The van der Waals surface area contributed by atoms with Gasteiger partial charge in [-0.1, -0.05) is 6.07 Å². The summed E-state index contributed by atoms with van der Waals surface area (Å²) in [5.74, 6) is -3.19. The molecule has 0 aliphatic carbocycles. The number of sulfonamides is 1. The van der Waals surface area contributed by atoms with Crippen molar-refractivity contribution in [1.29, 1.82) is 0 Å². The Hall–Kier alpha value is -3.08. The van der Waals surface area contributed by atoms with Gasteiger partial charge in [0.2, 0.25) is 0 Å². The van der Waals surface area contributed by atoms with Gasteiger partial charge in [-0.05, 0) is 24.6 Å². The second-order valence-electron chi connectivity index (χ2n) is 5.39. The highest BCUT2D eigenvalue weighted by molar-refractivity contribution is 7.93. The van der Waals surface area contributed by atoms with E-state index in [-0.39, 0.29) is 5.56 Å². The second kappa shape index (κ2) is 7.66. The molecule has 2 rings (SSSR count). The van der Waals surface area contributed by atoms with Gasteiger partial charge >= 0.3 is 5.97 Å². The van der Waals surface area contributed by atoms with Crippen LogP contribution < -0.4 is 4.31 Å². The molecular formula is C16H14F2N2O6S. The predicted octanol–water partition coefficient (Wildman–Crippen LogP) is 2.55. The molecule has 27 heavy (non-hydrogen) atoms. The lowest BCUT2D eigenvalue weighted by atomic mass is 10.2. The van der Waals surface area contributed by atoms with Crippen molar-refractivity contribution in [3.05, 3.63) is 63.7 Å². The lowest BCUT2D eigenvalue weighted by molar-refractivity contribution is -0.385. The zero-order valence-corrected chi connectivity index (χ0v) is 15.0. The van der Waals surface area contributed by atoms with Crippen LogP contribution in [0.1, 0.15) is 5.56 Å². The number of anilines is 1. The van der Waals surface area contributed by atoms with E-state index in [9.17, 15) is 32.1 Å². The van der Waals surface area contributed by atoms with Gasteiger partial charge in [0.25, 0.3) is 15.7 Å². The number of nitro groups is 1. The first kappa shape index (κ1) is 20.2. The van der Waals surface area contributed by atoms with Crippen molar-refractivity contribution in [2.24, 2.45) is 0 Å². The van der Waals surface area contributed by atoms with Crippen LogP contribution in [-0.4, -0.2) is 33.0 Å². The van der Waals surface area contributed by atoms with Crippen LogP contribution in [0.3, 0.4) is 0 Å². The number of methoxy groups -OCH3 is 1. The second-order valence-corrected chi connectivity index (χ2v) is 7.22. The first-order valence-electron chi connectivity index (χ1n) is 7.37. The van der Waals surface area contributed by atoms with E-state index in [1.165, 1.54) is 13.0 Å². The van der Waals surface area contributed by atoms with E-state index in [2.05, 4.69) is 4.74 Å². The summed E-state index contributed by atoms with van der Waals surface area (Å²) in [5.41, 5.74) is -0.970. The van der Waals surface area contributed by atoms with Gasteiger partial charge in [0, 0.05) is 18.2 Å². The lowest BCUT2D eigenvalue weighted by Gasteiger charge is -2.24. The summed E-state index contributed by atoms with van der Waals surface area (Å²) >= 11 is 0. The molecule has 0 amide bonds. The molecule has 2 aromatic carbocycles. The third kappa shape index (κ3) is 4.19. The Bertz CT molecular complexity index is 1010. The highest BCUT2D eigenvalue weighted by Crippen LogP contribution is 2.30. The molecule has 11 heteroatoms. The van der Waals surface area contributed by atoms with Gasteiger partial charge in [-0.15, -0.1) is 0 Å². The third-order valence-electron chi connectivity index (χ3n) is 3.63. The Morgan fingerprint density at radius 1 is 1.22 bits per heavy atom. The van der Waals surface area contributed by atoms with Crippen molar-refractivity contribution >= 4 is 27.4 Å². The number of nitrogens with zero attached hydrogens (tertiary/aromatic N) is 2. The Kier molecular flexibility index (Phi) is 5.74. The van der Waals surface area contributed by atoms with Crippen molar-refractivity contribution in [2.75, 3.05) is 18.0 Å². The summed E-state index contributed by atoms with van der Waals surface area (Å²) in [4.78, 5) is 21.4. The van der Waals surface area contributed by atoms with Crippen molar-refractivity contribution in [3.8, 4) is 0 Å². The maximum atomic E-state index is 14.2. The summed E-state index contributed by atoms with van der Waals surface area (Å²) < 4.78 is 58.3. The number of halogens is 2. The SMILES string of the molecule is COC(=O)CN(c1ccc(F)cc1F)S(=O)(=O)c1cc([N+](=O)[O-])ccc1C.